The molecule has 13 nitrogen and oxygen atoms in total. The zero-order valence-electron chi connectivity index (χ0n) is 32.4. The smallest absolute Gasteiger partial charge is 0.306 e. The molecule has 4 aliphatic rings. The number of amides is 1. The topological polar surface area (TPSA) is 215 Å². The minimum atomic E-state index is -2.45. The average Bonchev–Trinajstić information content (AvgIpc) is 3.41. The van der Waals surface area contributed by atoms with E-state index >= 15 is 4.39 Å². The highest BCUT2D eigenvalue weighted by Gasteiger charge is 2.76. The monoisotopic (exact) mass is 797 g/mol. The van der Waals surface area contributed by atoms with Crippen molar-refractivity contribution in [1.29, 1.82) is 0 Å². The number of allylic oxidation sites excluding steroid dienone is 4. The quantitative estimate of drug-likeness (QED) is 0.165. The second-order valence-electron chi connectivity index (χ2n) is 16.5. The number of benzene rings is 2. The lowest BCUT2D eigenvalue weighted by Gasteiger charge is -2.62. The fraction of sp³-hybridized carbons (Fsp3) is 0.455. The van der Waals surface area contributed by atoms with Gasteiger partial charge in [-0.05, 0) is 85.4 Å². The van der Waals surface area contributed by atoms with Crippen LogP contribution in [0.15, 0.2) is 84.7 Å². The maximum atomic E-state index is 17.4. The van der Waals surface area contributed by atoms with Gasteiger partial charge < -0.3 is 35.8 Å². The predicted octanol–water partition coefficient (Wildman–Crippen LogP) is 3.92. The van der Waals surface area contributed by atoms with E-state index < -0.39 is 82.8 Å². The van der Waals surface area contributed by atoms with Crippen molar-refractivity contribution >= 4 is 45.9 Å². The summed E-state index contributed by atoms with van der Waals surface area (Å²) in [6, 6.07) is 14.2. The van der Waals surface area contributed by atoms with E-state index in [9.17, 15) is 39.3 Å². The van der Waals surface area contributed by atoms with E-state index in [1.165, 1.54) is 18.2 Å². The second-order valence-corrected chi connectivity index (χ2v) is 16.5. The molecule has 306 valence electrons. The van der Waals surface area contributed by atoms with Crippen LogP contribution in [0.25, 0.3) is 10.8 Å². The third kappa shape index (κ3) is 6.85. The Hall–Kier alpha value is -5.15. The molecule has 0 unspecified atom stereocenters. The SMILES string of the molecule is C[C@]12C=CC(=O)C=C1CC[C@H]1[C@@H]3C[C@@H](O)[C@](O)(C(=O)COC(=O)CCC(=O)OCc4ccc([C@@H](CN)C(=O)Nc5ccc6cnccc6c5)cc4)[C@@]3(C)C[C@H](O)[C@@]12F. The van der Waals surface area contributed by atoms with Crippen LogP contribution >= 0.6 is 0 Å². The number of carbonyl (C=O) groups excluding carboxylic acids is 5. The van der Waals surface area contributed by atoms with E-state index in [1.54, 1.807) is 56.6 Å². The number of aliphatic hydroxyl groups excluding tert-OH is 2. The number of ketones is 2. The van der Waals surface area contributed by atoms with Crippen molar-refractivity contribution < 1.29 is 53.2 Å². The van der Waals surface area contributed by atoms with Crippen molar-refractivity contribution in [3.63, 3.8) is 0 Å². The summed E-state index contributed by atoms with van der Waals surface area (Å²) in [5.41, 5.74) is 1.04. The number of nitrogens with zero attached hydrogens (tertiary/aromatic N) is 1. The minimum Gasteiger partial charge on any atom is -0.461 e. The van der Waals surface area contributed by atoms with Crippen molar-refractivity contribution in [2.75, 3.05) is 18.5 Å². The van der Waals surface area contributed by atoms with Gasteiger partial charge in [-0.2, -0.15) is 0 Å². The summed E-state index contributed by atoms with van der Waals surface area (Å²) >= 11 is 0. The number of anilines is 1. The van der Waals surface area contributed by atoms with Crippen LogP contribution < -0.4 is 11.1 Å². The normalized spacial score (nSPS) is 31.6. The molecule has 6 N–H and O–H groups in total. The number of hydrogen-bond donors (Lipinski definition) is 5. The zero-order valence-corrected chi connectivity index (χ0v) is 32.4. The number of alkyl halides is 1. The number of pyridine rings is 1. The number of carbonyl (C=O) groups is 5. The van der Waals surface area contributed by atoms with Crippen LogP contribution in [-0.2, 0) is 40.1 Å². The number of nitrogens with one attached hydrogen (secondary N) is 1. The van der Waals surface area contributed by atoms with Gasteiger partial charge in [-0.3, -0.25) is 29.0 Å². The molecule has 1 heterocycles. The molecule has 2 aromatic carbocycles. The van der Waals surface area contributed by atoms with Gasteiger partial charge in [-0.25, -0.2) is 4.39 Å². The number of fused-ring (bicyclic) bond motifs is 6. The van der Waals surface area contributed by atoms with Gasteiger partial charge in [0.05, 0.1) is 31.0 Å². The summed E-state index contributed by atoms with van der Waals surface area (Å²) in [6.07, 6.45) is 3.69. The fourth-order valence-corrected chi connectivity index (χ4v) is 10.1. The number of aromatic nitrogens is 1. The molecule has 3 saturated carbocycles. The highest BCUT2D eigenvalue weighted by molar-refractivity contribution is 6.01. The number of nitrogens with two attached hydrogens (primary N) is 1. The van der Waals surface area contributed by atoms with E-state index in [0.717, 1.165) is 10.8 Å². The van der Waals surface area contributed by atoms with Gasteiger partial charge in [0.2, 0.25) is 11.7 Å². The third-order valence-corrected chi connectivity index (χ3v) is 13.4. The lowest BCUT2D eigenvalue weighted by Crippen LogP contribution is -2.69. The van der Waals surface area contributed by atoms with Crippen molar-refractivity contribution in [1.82, 2.24) is 4.98 Å². The lowest BCUT2D eigenvalue weighted by atomic mass is 9.44. The molecule has 0 aliphatic heterocycles. The molecule has 3 fully saturated rings. The van der Waals surface area contributed by atoms with Crippen molar-refractivity contribution in [2.45, 2.75) is 88.4 Å². The van der Waals surface area contributed by atoms with Crippen LogP contribution in [0.3, 0.4) is 0 Å². The van der Waals surface area contributed by atoms with E-state index in [2.05, 4.69) is 10.3 Å². The first-order valence-corrected chi connectivity index (χ1v) is 19.5. The Morgan fingerprint density at radius 3 is 2.43 bits per heavy atom. The van der Waals surface area contributed by atoms with Crippen LogP contribution in [-0.4, -0.2) is 86.3 Å². The van der Waals surface area contributed by atoms with Crippen LogP contribution in [0.1, 0.15) is 69.4 Å². The first-order valence-electron chi connectivity index (χ1n) is 19.5. The van der Waals surface area contributed by atoms with Gasteiger partial charge in [-0.15, -0.1) is 0 Å². The molecule has 58 heavy (non-hydrogen) atoms. The van der Waals surface area contributed by atoms with Gasteiger partial charge in [0.25, 0.3) is 0 Å². The van der Waals surface area contributed by atoms with E-state index in [0.29, 0.717) is 28.8 Å². The van der Waals surface area contributed by atoms with Crippen LogP contribution in [0.4, 0.5) is 10.1 Å². The number of halogens is 1. The summed E-state index contributed by atoms with van der Waals surface area (Å²) in [5, 5.41) is 39.3. The van der Waals surface area contributed by atoms with Gasteiger partial charge in [0.1, 0.15) is 6.61 Å². The molecule has 0 radical (unpaired) electrons. The Bertz CT molecular complexity index is 2210. The fourth-order valence-electron chi connectivity index (χ4n) is 10.1. The van der Waals surface area contributed by atoms with E-state index in [4.69, 9.17) is 15.2 Å². The first kappa shape index (κ1) is 41.0. The van der Waals surface area contributed by atoms with Gasteiger partial charge in [-0.1, -0.05) is 48.9 Å². The number of hydrogen-bond acceptors (Lipinski definition) is 12. The standard InChI is InChI=1S/C44H48FN3O10/c1-41-15-13-31(49)18-29(41)8-10-33-34-19-35(50)44(56,42(34,2)20-36(51)43(33,41)45)37(52)24-58-39(54)12-11-38(53)57-23-25-3-5-26(6-4-25)32(21-46)40(55)48-30-9-7-28-22-47-16-14-27(28)17-30/h3-7,9,13-18,22,32-36,50-51,56H,8,10-12,19-21,23-24,46H2,1-2H3,(H,48,55)/t32-,33+,34+,35-,36+,41+,42+,43+,44+/m1/s1. The Balaban J connectivity index is 0.890. The minimum absolute atomic E-state index is 0.0590. The van der Waals surface area contributed by atoms with Crippen LogP contribution in [0, 0.1) is 22.7 Å². The van der Waals surface area contributed by atoms with E-state index in [-0.39, 0.29) is 50.5 Å². The Morgan fingerprint density at radius 2 is 1.71 bits per heavy atom. The second kappa shape index (κ2) is 15.6. The summed E-state index contributed by atoms with van der Waals surface area (Å²) in [7, 11) is 0. The lowest BCUT2D eigenvalue weighted by molar-refractivity contribution is -0.222. The van der Waals surface area contributed by atoms with Crippen molar-refractivity contribution in [3.8, 4) is 0 Å². The molecular weight excluding hydrogens is 749 g/mol. The van der Waals surface area contributed by atoms with Gasteiger partial charge in [0, 0.05) is 46.8 Å². The molecule has 7 rings (SSSR count). The maximum absolute atomic E-state index is 17.4. The zero-order chi connectivity index (χ0) is 41.6. The average molecular weight is 798 g/mol. The van der Waals surface area contributed by atoms with Crippen LogP contribution in [0.5, 0.6) is 0 Å². The summed E-state index contributed by atoms with van der Waals surface area (Å²) in [5.74, 6) is -5.34. The number of ether oxygens (including phenoxy) is 2. The van der Waals surface area contributed by atoms with Crippen molar-refractivity contribution in [3.05, 3.63) is 95.9 Å². The summed E-state index contributed by atoms with van der Waals surface area (Å²) < 4.78 is 27.8. The predicted molar refractivity (Wildman–Crippen MR) is 208 cm³/mol. The molecule has 3 aromatic rings. The Kier molecular flexibility index (Phi) is 11.0. The largest absolute Gasteiger partial charge is 0.461 e. The highest BCUT2D eigenvalue weighted by atomic mass is 19.1. The Labute approximate surface area is 334 Å². The maximum Gasteiger partial charge on any atom is 0.306 e. The summed E-state index contributed by atoms with van der Waals surface area (Å²) in [4.78, 5) is 68.0. The number of aliphatic hydroxyl groups is 3. The third-order valence-electron chi connectivity index (χ3n) is 13.4. The molecule has 1 aromatic heterocycles. The molecule has 0 saturated heterocycles. The van der Waals surface area contributed by atoms with Crippen molar-refractivity contribution in [2.24, 2.45) is 28.4 Å². The Morgan fingerprint density at radius 1 is 0.983 bits per heavy atom. The highest BCUT2D eigenvalue weighted by Crippen LogP contribution is 2.69. The number of rotatable bonds is 12. The molecule has 1 amide bonds. The first-order chi connectivity index (χ1) is 27.5. The molecule has 9 atom stereocenters. The summed E-state index contributed by atoms with van der Waals surface area (Å²) in [6.45, 7) is 2.23. The van der Waals surface area contributed by atoms with Gasteiger partial charge >= 0.3 is 11.9 Å². The number of esters is 2. The molecule has 0 spiro atoms. The number of Topliss-reactive ketones (excluding diaryl/α,β-unsaturated/α-hetero) is 1. The molecule has 0 bridgehead atoms. The molecule has 4 aliphatic carbocycles. The van der Waals surface area contributed by atoms with Crippen LogP contribution in [0.2, 0.25) is 0 Å². The van der Waals surface area contributed by atoms with E-state index in [1.807, 2.05) is 18.2 Å². The molecule has 14 heteroatoms. The van der Waals surface area contributed by atoms with Gasteiger partial charge in [0.15, 0.2) is 23.7 Å². The molecular formula is C44H48FN3O10.